The van der Waals surface area contributed by atoms with Crippen LogP contribution >= 0.6 is 0 Å². The molecule has 0 aliphatic heterocycles. The first-order valence-corrected chi connectivity index (χ1v) is 9.75. The second-order valence-corrected chi connectivity index (χ2v) is 10.5. The van der Waals surface area contributed by atoms with Crippen molar-refractivity contribution in [2.75, 3.05) is 0 Å². The van der Waals surface area contributed by atoms with Crippen molar-refractivity contribution in [3.05, 3.63) is 0 Å². The van der Waals surface area contributed by atoms with Crippen LogP contribution in [-0.2, 0) is 14.4 Å². The Morgan fingerprint density at radius 2 is 1.72 bits per heavy atom. The number of hydrogen-bond acceptors (Lipinski definition) is 4. The van der Waals surface area contributed by atoms with Crippen molar-refractivity contribution in [3.8, 4) is 0 Å². The SMILES string of the molecule is CC12CCC(C(=O)O/N=C3/CC4CCC3(C)C4(C)C)(CC1=O)C2(C)C. The van der Waals surface area contributed by atoms with Gasteiger partial charge in [0.15, 0.2) is 0 Å². The third-order valence-electron chi connectivity index (χ3n) is 9.85. The van der Waals surface area contributed by atoms with Crippen LogP contribution < -0.4 is 0 Å². The molecule has 0 aromatic heterocycles. The monoisotopic (exact) mass is 345 g/mol. The van der Waals surface area contributed by atoms with Crippen LogP contribution in [0.5, 0.6) is 0 Å². The molecule has 25 heavy (non-hydrogen) atoms. The molecule has 4 fully saturated rings. The number of oxime groups is 1. The van der Waals surface area contributed by atoms with Crippen LogP contribution in [0.1, 0.15) is 80.1 Å². The van der Waals surface area contributed by atoms with Crippen molar-refractivity contribution in [2.24, 2.45) is 38.1 Å². The fourth-order valence-electron chi connectivity index (χ4n) is 6.56. The summed E-state index contributed by atoms with van der Waals surface area (Å²) in [7, 11) is 0. The molecule has 0 aromatic rings. The van der Waals surface area contributed by atoms with Gasteiger partial charge >= 0.3 is 5.97 Å². The minimum atomic E-state index is -0.697. The van der Waals surface area contributed by atoms with Gasteiger partial charge < -0.3 is 4.84 Å². The Labute approximate surface area is 150 Å². The van der Waals surface area contributed by atoms with Crippen LogP contribution in [0.25, 0.3) is 0 Å². The van der Waals surface area contributed by atoms with Gasteiger partial charge in [0.05, 0.1) is 11.1 Å². The van der Waals surface area contributed by atoms with Crippen molar-refractivity contribution in [2.45, 2.75) is 80.1 Å². The number of carbonyl (C=O) groups excluding carboxylic acids is 2. The topological polar surface area (TPSA) is 55.7 Å². The summed E-state index contributed by atoms with van der Waals surface area (Å²) in [4.78, 5) is 31.2. The van der Waals surface area contributed by atoms with Crippen LogP contribution in [0.3, 0.4) is 0 Å². The van der Waals surface area contributed by atoms with Crippen LogP contribution in [0.2, 0.25) is 0 Å². The molecule has 4 aliphatic rings. The van der Waals surface area contributed by atoms with E-state index in [1.807, 2.05) is 6.92 Å². The Hall–Kier alpha value is -1.19. The lowest BCUT2D eigenvalue weighted by Gasteiger charge is -2.37. The lowest BCUT2D eigenvalue weighted by atomic mass is 9.65. The third-order valence-corrected chi connectivity index (χ3v) is 9.85. The van der Waals surface area contributed by atoms with E-state index >= 15 is 0 Å². The van der Waals surface area contributed by atoms with E-state index in [2.05, 4.69) is 39.8 Å². The lowest BCUT2D eigenvalue weighted by molar-refractivity contribution is -0.162. The van der Waals surface area contributed by atoms with E-state index in [0.717, 1.165) is 31.4 Å². The average Bonchev–Trinajstić information content (AvgIpc) is 3.02. The third kappa shape index (κ3) is 1.67. The Morgan fingerprint density at radius 3 is 2.16 bits per heavy atom. The molecular weight excluding hydrogens is 314 g/mol. The van der Waals surface area contributed by atoms with Gasteiger partial charge in [-0.2, -0.15) is 0 Å². The fourth-order valence-corrected chi connectivity index (χ4v) is 6.56. The van der Waals surface area contributed by atoms with Crippen molar-refractivity contribution < 1.29 is 14.4 Å². The van der Waals surface area contributed by atoms with E-state index in [4.69, 9.17) is 4.84 Å². The van der Waals surface area contributed by atoms with Crippen molar-refractivity contribution in [3.63, 3.8) is 0 Å². The van der Waals surface area contributed by atoms with Crippen molar-refractivity contribution >= 4 is 17.5 Å². The Morgan fingerprint density at radius 1 is 1.04 bits per heavy atom. The van der Waals surface area contributed by atoms with E-state index in [1.54, 1.807) is 0 Å². The molecule has 0 saturated heterocycles. The summed E-state index contributed by atoms with van der Waals surface area (Å²) in [5, 5.41) is 4.40. The first-order valence-electron chi connectivity index (χ1n) is 9.75. The zero-order valence-corrected chi connectivity index (χ0v) is 16.5. The molecule has 0 spiro atoms. The summed E-state index contributed by atoms with van der Waals surface area (Å²) >= 11 is 0. The zero-order valence-electron chi connectivity index (χ0n) is 16.5. The van der Waals surface area contributed by atoms with Gasteiger partial charge in [-0.3, -0.25) is 4.79 Å². The lowest BCUT2D eigenvalue weighted by Crippen LogP contribution is -2.41. The number of Topliss-reactive ketones (excluding diaryl/α,β-unsaturated/α-hetero) is 1. The second kappa shape index (κ2) is 4.55. The molecule has 0 amide bonds. The van der Waals surface area contributed by atoms with Gasteiger partial charge in [-0.25, -0.2) is 4.79 Å². The normalized spacial score (nSPS) is 47.7. The summed E-state index contributed by atoms with van der Waals surface area (Å²) in [5.41, 5.74) is -0.185. The van der Waals surface area contributed by atoms with Gasteiger partial charge in [0.1, 0.15) is 5.78 Å². The summed E-state index contributed by atoms with van der Waals surface area (Å²) in [5.74, 6) is 0.553. The van der Waals surface area contributed by atoms with Crippen molar-refractivity contribution in [1.82, 2.24) is 0 Å². The number of ketones is 1. The summed E-state index contributed by atoms with van der Waals surface area (Å²) in [6.07, 6.45) is 5.11. The summed E-state index contributed by atoms with van der Waals surface area (Å²) in [6, 6.07) is 0. The molecule has 4 atom stereocenters. The maximum atomic E-state index is 13.1. The molecule has 4 bridgehead atoms. The molecule has 4 unspecified atom stereocenters. The number of nitrogens with zero attached hydrogens (tertiary/aromatic N) is 1. The summed E-state index contributed by atoms with van der Waals surface area (Å²) in [6.45, 7) is 13.0. The van der Waals surface area contributed by atoms with E-state index in [-0.39, 0.29) is 28.0 Å². The van der Waals surface area contributed by atoms with E-state index in [0.29, 0.717) is 12.3 Å². The molecule has 0 heterocycles. The summed E-state index contributed by atoms with van der Waals surface area (Å²) < 4.78 is 0. The minimum absolute atomic E-state index is 0.0286. The molecule has 0 radical (unpaired) electrons. The zero-order chi connectivity index (χ0) is 18.5. The van der Waals surface area contributed by atoms with Gasteiger partial charge in [-0.15, -0.1) is 0 Å². The smallest absolute Gasteiger partial charge is 0.318 e. The van der Waals surface area contributed by atoms with Crippen LogP contribution in [0.15, 0.2) is 5.16 Å². The Kier molecular flexibility index (Phi) is 3.14. The quantitative estimate of drug-likeness (QED) is 0.546. The first kappa shape index (κ1) is 17.2. The molecule has 0 N–H and O–H groups in total. The van der Waals surface area contributed by atoms with Gasteiger partial charge in [0, 0.05) is 17.3 Å². The number of carbonyl (C=O) groups is 2. The number of hydrogen-bond donors (Lipinski definition) is 0. The minimum Gasteiger partial charge on any atom is -0.318 e. The molecule has 138 valence electrons. The van der Waals surface area contributed by atoms with Gasteiger partial charge in [0.2, 0.25) is 0 Å². The number of rotatable bonds is 2. The van der Waals surface area contributed by atoms with Gasteiger partial charge in [0.25, 0.3) is 0 Å². The van der Waals surface area contributed by atoms with Gasteiger partial charge in [-0.05, 0) is 48.9 Å². The Balaban J connectivity index is 1.60. The first-order chi connectivity index (χ1) is 11.4. The molecule has 0 aromatic carbocycles. The van der Waals surface area contributed by atoms with Crippen LogP contribution in [0.4, 0.5) is 0 Å². The highest BCUT2D eigenvalue weighted by Crippen LogP contribution is 2.71. The molecule has 4 heteroatoms. The van der Waals surface area contributed by atoms with E-state index in [9.17, 15) is 9.59 Å². The highest BCUT2D eigenvalue weighted by molar-refractivity contribution is 5.98. The molecule has 4 rings (SSSR count). The van der Waals surface area contributed by atoms with Crippen LogP contribution in [-0.4, -0.2) is 17.5 Å². The maximum Gasteiger partial charge on any atom is 0.342 e. The van der Waals surface area contributed by atoms with Gasteiger partial charge in [-0.1, -0.05) is 46.7 Å². The fraction of sp³-hybridized carbons (Fsp3) is 0.857. The average molecular weight is 345 g/mol. The van der Waals surface area contributed by atoms with E-state index < -0.39 is 10.8 Å². The molecule has 4 aliphatic carbocycles. The second-order valence-electron chi connectivity index (χ2n) is 10.5. The highest BCUT2D eigenvalue weighted by Gasteiger charge is 2.73. The Bertz CT molecular complexity index is 706. The van der Waals surface area contributed by atoms with Crippen LogP contribution in [0, 0.1) is 33.0 Å². The standard InChI is InChI=1S/C21H31NO3/c1-17(2)13-7-8-19(17,5)14(11-13)22-25-16(24)21-10-9-20(6,15(23)12-21)18(21,3)4/h13H,7-12H2,1-6H3/b22-14-. The van der Waals surface area contributed by atoms with E-state index in [1.165, 1.54) is 6.42 Å². The predicted molar refractivity (Wildman–Crippen MR) is 95.9 cm³/mol. The largest absolute Gasteiger partial charge is 0.342 e. The maximum absolute atomic E-state index is 13.1. The number of fused-ring (bicyclic) bond motifs is 4. The molecule has 4 nitrogen and oxygen atoms in total. The molecular formula is C21H31NO3. The van der Waals surface area contributed by atoms with Crippen molar-refractivity contribution in [1.29, 1.82) is 0 Å². The predicted octanol–water partition coefficient (Wildman–Crippen LogP) is 4.52. The highest BCUT2D eigenvalue weighted by atomic mass is 16.7. The molecule has 4 saturated carbocycles.